The molecule has 7 heteroatoms. The summed E-state index contributed by atoms with van der Waals surface area (Å²) in [6, 6.07) is 10.7. The number of thiophene rings is 1. The van der Waals surface area contributed by atoms with Crippen molar-refractivity contribution in [1.82, 2.24) is 10.3 Å². The Bertz CT molecular complexity index is 955. The van der Waals surface area contributed by atoms with Crippen LogP contribution in [0.2, 0.25) is 0 Å². The first-order valence-corrected chi connectivity index (χ1v) is 9.63. The maximum atomic E-state index is 12.2. The molecule has 0 saturated heterocycles. The molecule has 0 radical (unpaired) electrons. The normalized spacial score (nSPS) is 11.7. The Morgan fingerprint density at radius 3 is 2.83 bits per heavy atom. The number of H-pyrrole nitrogens is 1. The summed E-state index contributed by atoms with van der Waals surface area (Å²) < 4.78 is 23.9. The lowest BCUT2D eigenvalue weighted by molar-refractivity contribution is 0.0951. The van der Waals surface area contributed by atoms with E-state index in [1.807, 2.05) is 24.4 Å². The van der Waals surface area contributed by atoms with Gasteiger partial charge >= 0.3 is 0 Å². The molecular formula is C16H16N2O3S2. The molecule has 0 fully saturated rings. The van der Waals surface area contributed by atoms with Crippen molar-refractivity contribution in [2.24, 2.45) is 0 Å². The molecule has 2 aromatic heterocycles. The lowest BCUT2D eigenvalue weighted by Gasteiger charge is -2.04. The Morgan fingerprint density at radius 2 is 2.04 bits per heavy atom. The summed E-state index contributed by atoms with van der Waals surface area (Å²) in [5.41, 5.74) is 1.56. The second kappa shape index (κ2) is 6.17. The molecule has 3 aromatic rings. The quantitative estimate of drug-likeness (QED) is 0.744. The summed E-state index contributed by atoms with van der Waals surface area (Å²) in [4.78, 5) is 16.1. The fourth-order valence-corrected chi connectivity index (χ4v) is 4.64. The van der Waals surface area contributed by atoms with Gasteiger partial charge in [0.25, 0.3) is 5.91 Å². The Kier molecular flexibility index (Phi) is 4.23. The third-order valence-corrected chi connectivity index (χ3v) is 6.96. The number of aromatic nitrogens is 1. The van der Waals surface area contributed by atoms with Gasteiger partial charge in [-0.15, -0.1) is 11.3 Å². The number of aromatic amines is 1. The number of rotatable bonds is 5. The molecule has 1 aromatic carbocycles. The maximum absolute atomic E-state index is 12.2. The van der Waals surface area contributed by atoms with Crippen LogP contribution in [0.4, 0.5) is 0 Å². The highest BCUT2D eigenvalue weighted by atomic mass is 32.2. The molecule has 120 valence electrons. The lowest BCUT2D eigenvalue weighted by atomic mass is 10.1. The molecule has 0 saturated carbocycles. The zero-order chi connectivity index (χ0) is 16.4. The first-order chi connectivity index (χ1) is 11.0. The highest BCUT2D eigenvalue weighted by molar-refractivity contribution is 7.93. The fourth-order valence-electron chi connectivity index (χ4n) is 2.23. The Balaban J connectivity index is 1.69. The van der Waals surface area contributed by atoms with E-state index in [4.69, 9.17) is 0 Å². The van der Waals surface area contributed by atoms with Crippen LogP contribution >= 0.6 is 11.3 Å². The molecule has 0 aliphatic heterocycles. The summed E-state index contributed by atoms with van der Waals surface area (Å²) in [7, 11) is -3.18. The number of fused-ring (bicyclic) bond motifs is 1. The van der Waals surface area contributed by atoms with Gasteiger partial charge < -0.3 is 10.3 Å². The SMILES string of the molecule is CCS(=O)(=O)c1ccc(CNC(=O)c2ccc3[nH]ccc3c2)s1. The van der Waals surface area contributed by atoms with E-state index >= 15 is 0 Å². The van der Waals surface area contributed by atoms with Crippen LogP contribution in [0.5, 0.6) is 0 Å². The minimum absolute atomic E-state index is 0.0794. The second-order valence-electron chi connectivity index (χ2n) is 5.09. The highest BCUT2D eigenvalue weighted by Crippen LogP contribution is 2.22. The van der Waals surface area contributed by atoms with Gasteiger partial charge in [-0.2, -0.15) is 0 Å². The molecule has 0 bridgehead atoms. The average Bonchev–Trinajstić information content (AvgIpc) is 3.21. The van der Waals surface area contributed by atoms with Crippen molar-refractivity contribution in [1.29, 1.82) is 0 Å². The van der Waals surface area contributed by atoms with Crippen molar-refractivity contribution >= 4 is 38.0 Å². The van der Waals surface area contributed by atoms with Gasteiger partial charge in [0.05, 0.1) is 12.3 Å². The van der Waals surface area contributed by atoms with Gasteiger partial charge in [-0.3, -0.25) is 4.79 Å². The van der Waals surface area contributed by atoms with Crippen molar-refractivity contribution in [3.8, 4) is 0 Å². The summed E-state index contributed by atoms with van der Waals surface area (Å²) in [6.07, 6.45) is 1.83. The number of amides is 1. The molecule has 0 aliphatic rings. The van der Waals surface area contributed by atoms with E-state index in [0.717, 1.165) is 15.8 Å². The van der Waals surface area contributed by atoms with Crippen LogP contribution in [0.15, 0.2) is 46.8 Å². The zero-order valence-corrected chi connectivity index (χ0v) is 14.1. The number of carbonyl (C=O) groups is 1. The molecule has 0 atom stereocenters. The number of carbonyl (C=O) groups excluding carboxylic acids is 1. The van der Waals surface area contributed by atoms with Gasteiger partial charge in [0.15, 0.2) is 9.84 Å². The van der Waals surface area contributed by atoms with E-state index in [1.165, 1.54) is 11.3 Å². The third kappa shape index (κ3) is 3.30. The Morgan fingerprint density at radius 1 is 1.22 bits per heavy atom. The molecule has 1 amide bonds. The zero-order valence-electron chi connectivity index (χ0n) is 12.5. The number of sulfone groups is 1. The van der Waals surface area contributed by atoms with Gasteiger partial charge in [-0.1, -0.05) is 6.92 Å². The van der Waals surface area contributed by atoms with Crippen LogP contribution in [0.1, 0.15) is 22.2 Å². The van der Waals surface area contributed by atoms with Crippen molar-refractivity contribution in [3.63, 3.8) is 0 Å². The van der Waals surface area contributed by atoms with Crippen LogP contribution in [-0.2, 0) is 16.4 Å². The van der Waals surface area contributed by atoms with Gasteiger partial charge in [-0.25, -0.2) is 8.42 Å². The molecule has 0 aliphatic carbocycles. The topological polar surface area (TPSA) is 79.0 Å². The predicted octanol–water partition coefficient (Wildman–Crippen LogP) is 2.95. The molecular weight excluding hydrogens is 332 g/mol. The first kappa shape index (κ1) is 15.8. The standard InChI is InChI=1S/C16H16N2O3S2/c1-2-23(20,21)15-6-4-13(22-15)10-18-16(19)12-3-5-14-11(9-12)7-8-17-14/h3-9,17H,2,10H2,1H3,(H,18,19). The molecule has 5 nitrogen and oxygen atoms in total. The number of hydrogen-bond donors (Lipinski definition) is 2. The van der Waals surface area contributed by atoms with Gasteiger partial charge in [0, 0.05) is 27.5 Å². The van der Waals surface area contributed by atoms with Crippen LogP contribution in [0.3, 0.4) is 0 Å². The number of benzene rings is 1. The fraction of sp³-hybridized carbons (Fsp3) is 0.188. The van der Waals surface area contributed by atoms with E-state index in [0.29, 0.717) is 16.3 Å². The first-order valence-electron chi connectivity index (χ1n) is 7.16. The highest BCUT2D eigenvalue weighted by Gasteiger charge is 2.15. The average molecular weight is 348 g/mol. The van der Waals surface area contributed by atoms with Crippen LogP contribution in [0.25, 0.3) is 10.9 Å². The molecule has 23 heavy (non-hydrogen) atoms. The van der Waals surface area contributed by atoms with E-state index in [1.54, 1.807) is 25.1 Å². The minimum Gasteiger partial charge on any atom is -0.361 e. The molecule has 2 N–H and O–H groups in total. The van der Waals surface area contributed by atoms with Crippen LogP contribution in [-0.4, -0.2) is 25.1 Å². The largest absolute Gasteiger partial charge is 0.361 e. The van der Waals surface area contributed by atoms with E-state index in [2.05, 4.69) is 10.3 Å². The summed E-state index contributed by atoms with van der Waals surface area (Å²) >= 11 is 1.20. The van der Waals surface area contributed by atoms with Crippen LogP contribution < -0.4 is 5.32 Å². The van der Waals surface area contributed by atoms with E-state index in [9.17, 15) is 13.2 Å². The lowest BCUT2D eigenvalue weighted by Crippen LogP contribution is -2.22. The Hall–Kier alpha value is -2.12. The smallest absolute Gasteiger partial charge is 0.251 e. The summed E-state index contributed by atoms with van der Waals surface area (Å²) in [5.74, 6) is -0.0999. The maximum Gasteiger partial charge on any atom is 0.251 e. The molecule has 3 rings (SSSR count). The molecule has 0 unspecified atom stereocenters. The summed E-state index contributed by atoms with van der Waals surface area (Å²) in [5, 5.41) is 3.80. The van der Waals surface area contributed by atoms with Crippen molar-refractivity contribution in [2.45, 2.75) is 17.7 Å². The number of nitrogens with one attached hydrogen (secondary N) is 2. The van der Waals surface area contributed by atoms with Gasteiger partial charge in [-0.05, 0) is 36.4 Å². The number of hydrogen-bond acceptors (Lipinski definition) is 4. The molecule has 0 spiro atoms. The Labute approximate surface area is 138 Å². The van der Waals surface area contributed by atoms with E-state index < -0.39 is 9.84 Å². The second-order valence-corrected chi connectivity index (χ2v) is 8.76. The van der Waals surface area contributed by atoms with Crippen molar-refractivity contribution < 1.29 is 13.2 Å². The van der Waals surface area contributed by atoms with Gasteiger partial charge in [0.1, 0.15) is 4.21 Å². The van der Waals surface area contributed by atoms with Crippen molar-refractivity contribution in [3.05, 3.63) is 53.0 Å². The van der Waals surface area contributed by atoms with E-state index in [-0.39, 0.29) is 11.7 Å². The van der Waals surface area contributed by atoms with Crippen molar-refractivity contribution in [2.75, 3.05) is 5.75 Å². The minimum atomic E-state index is -3.18. The monoisotopic (exact) mass is 348 g/mol. The predicted molar refractivity (Wildman–Crippen MR) is 91.5 cm³/mol. The third-order valence-electron chi connectivity index (χ3n) is 3.56. The van der Waals surface area contributed by atoms with Gasteiger partial charge in [0.2, 0.25) is 0 Å². The summed E-state index contributed by atoms with van der Waals surface area (Å²) in [6.45, 7) is 1.93. The molecule has 2 heterocycles. The van der Waals surface area contributed by atoms with Crippen LogP contribution in [0, 0.1) is 0 Å².